The lowest BCUT2D eigenvalue weighted by molar-refractivity contribution is -0.130. The van der Waals surface area contributed by atoms with E-state index < -0.39 is 0 Å². The first-order valence-corrected chi connectivity index (χ1v) is 8.16. The normalized spacial score (nSPS) is 16.2. The van der Waals surface area contributed by atoms with Crippen molar-refractivity contribution in [3.8, 4) is 0 Å². The molecular weight excluding hydrogens is 286 g/mol. The summed E-state index contributed by atoms with van der Waals surface area (Å²) in [6.07, 6.45) is 0.979. The van der Waals surface area contributed by atoms with Crippen LogP contribution in [-0.4, -0.2) is 59.9 Å². The molecule has 0 aromatic carbocycles. The molecule has 0 bridgehead atoms. The quantitative estimate of drug-likeness (QED) is 0.667. The maximum absolute atomic E-state index is 11.3. The molecule has 0 unspecified atom stereocenters. The second-order valence-electron chi connectivity index (χ2n) is 4.98. The van der Waals surface area contributed by atoms with Crippen molar-refractivity contribution in [3.05, 3.63) is 16.1 Å². The summed E-state index contributed by atoms with van der Waals surface area (Å²) in [5.41, 5.74) is 1.06. The van der Waals surface area contributed by atoms with Gasteiger partial charge in [0.15, 0.2) is 5.96 Å². The summed E-state index contributed by atoms with van der Waals surface area (Å²) < 4.78 is 0. The molecule has 1 aromatic heterocycles. The minimum absolute atomic E-state index is 0.146. The van der Waals surface area contributed by atoms with E-state index >= 15 is 0 Å². The molecule has 0 saturated carbocycles. The number of aliphatic imine (C=N–C) groups is 1. The van der Waals surface area contributed by atoms with E-state index in [0.717, 1.165) is 49.3 Å². The highest BCUT2D eigenvalue weighted by atomic mass is 32.1. The zero-order valence-electron chi connectivity index (χ0n) is 12.9. The van der Waals surface area contributed by atoms with Crippen molar-refractivity contribution in [2.75, 3.05) is 33.2 Å². The Kier molecular flexibility index (Phi) is 5.55. The van der Waals surface area contributed by atoms with E-state index in [-0.39, 0.29) is 5.91 Å². The number of rotatable bonds is 3. The molecule has 7 heteroatoms. The number of nitrogens with one attached hydrogen (secondary N) is 1. The molecule has 1 aliphatic heterocycles. The summed E-state index contributed by atoms with van der Waals surface area (Å²) in [5.74, 6) is 1.02. The topological polar surface area (TPSA) is 60.8 Å². The van der Waals surface area contributed by atoms with Crippen LogP contribution >= 0.6 is 11.3 Å². The Morgan fingerprint density at radius 1 is 1.38 bits per heavy atom. The van der Waals surface area contributed by atoms with Crippen molar-refractivity contribution < 1.29 is 4.79 Å². The minimum atomic E-state index is 0.146. The monoisotopic (exact) mass is 309 g/mol. The van der Waals surface area contributed by atoms with E-state index in [0.29, 0.717) is 6.54 Å². The molecule has 1 amide bonds. The third kappa shape index (κ3) is 4.17. The number of nitrogens with zero attached hydrogens (tertiary/aromatic N) is 4. The van der Waals surface area contributed by atoms with Gasteiger partial charge in [0, 0.05) is 45.5 Å². The average molecular weight is 309 g/mol. The number of carbonyl (C=O) groups excluding carboxylic acids is 1. The maximum atomic E-state index is 11.3. The summed E-state index contributed by atoms with van der Waals surface area (Å²) in [6, 6.07) is 0. The highest BCUT2D eigenvalue weighted by molar-refractivity contribution is 7.09. The fraction of sp³-hybridized carbons (Fsp3) is 0.643. The van der Waals surface area contributed by atoms with E-state index in [1.165, 1.54) is 0 Å². The second kappa shape index (κ2) is 7.40. The zero-order chi connectivity index (χ0) is 15.2. The van der Waals surface area contributed by atoms with Crippen LogP contribution in [0.5, 0.6) is 0 Å². The van der Waals surface area contributed by atoms with Gasteiger partial charge in [0.25, 0.3) is 0 Å². The molecule has 1 N–H and O–H groups in total. The molecule has 1 saturated heterocycles. The number of piperazine rings is 1. The summed E-state index contributed by atoms with van der Waals surface area (Å²) in [7, 11) is 1.79. The Labute approximate surface area is 129 Å². The SMILES string of the molecule is CCc1nc(CNC(=NC)N2CCN(C(C)=O)CC2)cs1. The number of carbonyl (C=O) groups is 1. The summed E-state index contributed by atoms with van der Waals surface area (Å²) in [6.45, 7) is 7.57. The first-order valence-electron chi connectivity index (χ1n) is 7.28. The van der Waals surface area contributed by atoms with Crippen LogP contribution in [0.25, 0.3) is 0 Å². The van der Waals surface area contributed by atoms with Crippen LogP contribution in [0.3, 0.4) is 0 Å². The molecule has 6 nitrogen and oxygen atoms in total. The van der Waals surface area contributed by atoms with Crippen LogP contribution in [0, 0.1) is 0 Å². The van der Waals surface area contributed by atoms with Gasteiger partial charge in [-0.1, -0.05) is 6.92 Å². The molecule has 0 aliphatic carbocycles. The molecule has 0 radical (unpaired) electrons. The van der Waals surface area contributed by atoms with E-state index in [2.05, 4.69) is 32.5 Å². The first-order chi connectivity index (χ1) is 10.1. The molecule has 21 heavy (non-hydrogen) atoms. The lowest BCUT2D eigenvalue weighted by Crippen LogP contribution is -2.53. The van der Waals surface area contributed by atoms with E-state index in [1.807, 2.05) is 4.90 Å². The van der Waals surface area contributed by atoms with Gasteiger partial charge in [-0.2, -0.15) is 0 Å². The number of thiazole rings is 1. The lowest BCUT2D eigenvalue weighted by Gasteiger charge is -2.36. The largest absolute Gasteiger partial charge is 0.351 e. The van der Waals surface area contributed by atoms with Gasteiger partial charge in [0.05, 0.1) is 17.2 Å². The predicted octanol–water partition coefficient (Wildman–Crippen LogP) is 0.945. The van der Waals surface area contributed by atoms with Crippen molar-refractivity contribution in [1.82, 2.24) is 20.1 Å². The van der Waals surface area contributed by atoms with Crippen LogP contribution < -0.4 is 5.32 Å². The van der Waals surface area contributed by atoms with Gasteiger partial charge in [-0.3, -0.25) is 9.79 Å². The van der Waals surface area contributed by atoms with Crippen LogP contribution in [-0.2, 0) is 17.8 Å². The van der Waals surface area contributed by atoms with E-state index in [4.69, 9.17) is 0 Å². The van der Waals surface area contributed by atoms with Gasteiger partial charge in [0.2, 0.25) is 5.91 Å². The summed E-state index contributed by atoms with van der Waals surface area (Å²) >= 11 is 1.70. The van der Waals surface area contributed by atoms with Crippen molar-refractivity contribution in [1.29, 1.82) is 0 Å². The molecule has 2 heterocycles. The number of amides is 1. The van der Waals surface area contributed by atoms with Crippen LogP contribution in [0.4, 0.5) is 0 Å². The molecule has 2 rings (SSSR count). The van der Waals surface area contributed by atoms with Gasteiger partial charge in [-0.25, -0.2) is 4.98 Å². The third-order valence-electron chi connectivity index (χ3n) is 3.57. The number of aromatic nitrogens is 1. The van der Waals surface area contributed by atoms with Gasteiger partial charge in [0.1, 0.15) is 0 Å². The molecule has 0 atom stereocenters. The molecule has 1 aromatic rings. The number of hydrogen-bond acceptors (Lipinski definition) is 4. The minimum Gasteiger partial charge on any atom is -0.351 e. The van der Waals surface area contributed by atoms with Crippen molar-refractivity contribution >= 4 is 23.2 Å². The number of aryl methyl sites for hydroxylation is 1. The van der Waals surface area contributed by atoms with Crippen molar-refractivity contribution in [3.63, 3.8) is 0 Å². The van der Waals surface area contributed by atoms with E-state index in [1.54, 1.807) is 25.3 Å². The highest BCUT2D eigenvalue weighted by Crippen LogP contribution is 2.10. The Morgan fingerprint density at radius 3 is 2.57 bits per heavy atom. The Morgan fingerprint density at radius 2 is 2.05 bits per heavy atom. The first kappa shape index (κ1) is 15.8. The van der Waals surface area contributed by atoms with Gasteiger partial charge in [-0.15, -0.1) is 11.3 Å². The number of guanidine groups is 1. The predicted molar refractivity (Wildman–Crippen MR) is 85.5 cm³/mol. The second-order valence-corrected chi connectivity index (χ2v) is 5.92. The summed E-state index contributed by atoms with van der Waals surface area (Å²) in [5, 5.41) is 6.61. The number of hydrogen-bond donors (Lipinski definition) is 1. The lowest BCUT2D eigenvalue weighted by atomic mass is 10.3. The fourth-order valence-corrected chi connectivity index (χ4v) is 3.07. The Balaban J connectivity index is 1.85. The van der Waals surface area contributed by atoms with E-state index in [9.17, 15) is 4.79 Å². The van der Waals surface area contributed by atoms with Crippen LogP contribution in [0.15, 0.2) is 10.4 Å². The average Bonchev–Trinajstić information content (AvgIpc) is 2.96. The van der Waals surface area contributed by atoms with Crippen LogP contribution in [0.1, 0.15) is 24.5 Å². The van der Waals surface area contributed by atoms with Gasteiger partial charge >= 0.3 is 0 Å². The molecule has 116 valence electrons. The summed E-state index contributed by atoms with van der Waals surface area (Å²) in [4.78, 5) is 24.3. The van der Waals surface area contributed by atoms with Crippen molar-refractivity contribution in [2.24, 2.45) is 4.99 Å². The fourth-order valence-electron chi connectivity index (χ4n) is 2.33. The molecule has 1 aliphatic rings. The van der Waals surface area contributed by atoms with Crippen molar-refractivity contribution in [2.45, 2.75) is 26.8 Å². The van der Waals surface area contributed by atoms with Gasteiger partial charge in [-0.05, 0) is 6.42 Å². The molecule has 0 spiro atoms. The van der Waals surface area contributed by atoms with Crippen LogP contribution in [0.2, 0.25) is 0 Å². The zero-order valence-corrected chi connectivity index (χ0v) is 13.7. The highest BCUT2D eigenvalue weighted by Gasteiger charge is 2.20. The Bertz CT molecular complexity index is 505. The Hall–Kier alpha value is -1.63. The molecule has 1 fully saturated rings. The third-order valence-corrected chi connectivity index (χ3v) is 4.61. The van der Waals surface area contributed by atoms with Gasteiger partial charge < -0.3 is 15.1 Å². The standard InChI is InChI=1S/C14H23N5OS/c1-4-13-17-12(10-21-13)9-16-14(15-3)19-7-5-18(6-8-19)11(2)20/h10H,4-9H2,1-3H3,(H,15,16). The maximum Gasteiger partial charge on any atom is 0.219 e. The molecular formula is C14H23N5OS. The smallest absolute Gasteiger partial charge is 0.219 e.